The Morgan fingerprint density at radius 3 is 1.48 bits per heavy atom. The highest BCUT2D eigenvalue weighted by molar-refractivity contribution is 7.87. The van der Waals surface area contributed by atoms with Crippen LogP contribution in [0.3, 0.4) is 0 Å². The first-order valence-corrected chi connectivity index (χ1v) is 12.8. The van der Waals surface area contributed by atoms with E-state index in [0.29, 0.717) is 12.8 Å². The van der Waals surface area contributed by atoms with Crippen LogP contribution >= 0.6 is 11.3 Å². The zero-order valence-electron chi connectivity index (χ0n) is 14.9. The van der Waals surface area contributed by atoms with Crippen LogP contribution in [0.5, 0.6) is 11.5 Å². The third kappa shape index (κ3) is 9.46. The Hall–Kier alpha value is -0.800. The molecule has 9 heteroatoms. The van der Waals surface area contributed by atoms with Crippen LogP contribution in [-0.4, -0.2) is 28.3 Å². The van der Waals surface area contributed by atoms with Crippen molar-refractivity contribution in [3.05, 3.63) is 10.8 Å². The molecule has 0 spiro atoms. The fourth-order valence-electron chi connectivity index (χ4n) is 2.16. The quantitative estimate of drug-likeness (QED) is 0.334. The molecule has 0 aromatic carbocycles. The van der Waals surface area contributed by atoms with Crippen LogP contribution in [0.15, 0.2) is 10.8 Å². The molecule has 0 aliphatic rings. The van der Waals surface area contributed by atoms with Crippen molar-refractivity contribution >= 4 is 31.6 Å². The first kappa shape index (κ1) is 22.2. The van der Waals surface area contributed by atoms with Crippen molar-refractivity contribution in [2.24, 2.45) is 0 Å². The van der Waals surface area contributed by atoms with Gasteiger partial charge in [-0.25, -0.2) is 0 Å². The SMILES string of the molecule is CCCCCCS(=O)(=O)Oc1cscc1OS(=O)(=O)CCCCCC. The Labute approximate surface area is 155 Å². The molecule has 1 aromatic heterocycles. The summed E-state index contributed by atoms with van der Waals surface area (Å²) in [5.41, 5.74) is 0. The van der Waals surface area contributed by atoms with Crippen LogP contribution < -0.4 is 8.37 Å². The molecule has 0 N–H and O–H groups in total. The highest BCUT2D eigenvalue weighted by Gasteiger charge is 2.21. The average Bonchev–Trinajstić information content (AvgIpc) is 2.94. The lowest BCUT2D eigenvalue weighted by Crippen LogP contribution is -2.16. The van der Waals surface area contributed by atoms with Crippen molar-refractivity contribution in [3.63, 3.8) is 0 Å². The van der Waals surface area contributed by atoms with Crippen molar-refractivity contribution in [3.8, 4) is 11.5 Å². The third-order valence-corrected chi connectivity index (χ3v) is 6.67. The van der Waals surface area contributed by atoms with Crippen molar-refractivity contribution in [2.75, 3.05) is 11.5 Å². The van der Waals surface area contributed by atoms with Gasteiger partial charge < -0.3 is 8.37 Å². The van der Waals surface area contributed by atoms with Gasteiger partial charge in [0.2, 0.25) is 0 Å². The summed E-state index contributed by atoms with van der Waals surface area (Å²) in [6.45, 7) is 4.09. The maximum Gasteiger partial charge on any atom is 0.309 e. The van der Waals surface area contributed by atoms with E-state index in [0.717, 1.165) is 49.9 Å². The topological polar surface area (TPSA) is 86.7 Å². The molecule has 1 heterocycles. The van der Waals surface area contributed by atoms with Gasteiger partial charge in [0.25, 0.3) is 0 Å². The summed E-state index contributed by atoms with van der Waals surface area (Å²) in [4.78, 5) is 0. The molecule has 0 aliphatic heterocycles. The van der Waals surface area contributed by atoms with Gasteiger partial charge in [-0.2, -0.15) is 16.8 Å². The van der Waals surface area contributed by atoms with E-state index in [1.54, 1.807) is 0 Å². The molecule has 146 valence electrons. The Kier molecular flexibility index (Phi) is 9.81. The summed E-state index contributed by atoms with van der Waals surface area (Å²) in [6.07, 6.45) is 6.64. The molecule has 0 bridgehead atoms. The van der Waals surface area contributed by atoms with Crippen LogP contribution in [0, 0.1) is 0 Å². The number of hydrogen-bond acceptors (Lipinski definition) is 7. The summed E-state index contributed by atoms with van der Waals surface area (Å²) >= 11 is 1.13. The molecule has 0 radical (unpaired) electrons. The normalized spacial score (nSPS) is 12.2. The number of rotatable bonds is 14. The van der Waals surface area contributed by atoms with E-state index >= 15 is 0 Å². The fourth-order valence-corrected chi connectivity index (χ4v) is 5.02. The molecular formula is C16H28O6S3. The molecule has 1 rings (SSSR count). The molecule has 25 heavy (non-hydrogen) atoms. The second kappa shape index (κ2) is 11.0. The lowest BCUT2D eigenvalue weighted by Gasteiger charge is -2.09. The lowest BCUT2D eigenvalue weighted by molar-refractivity contribution is 0.449. The van der Waals surface area contributed by atoms with Crippen molar-refractivity contribution < 1.29 is 25.2 Å². The van der Waals surface area contributed by atoms with Crippen molar-refractivity contribution in [2.45, 2.75) is 65.2 Å². The number of unbranched alkanes of at least 4 members (excludes halogenated alkanes) is 6. The first-order valence-electron chi connectivity index (χ1n) is 8.70. The summed E-state index contributed by atoms with van der Waals surface area (Å²) in [6, 6.07) is 0. The van der Waals surface area contributed by atoms with E-state index < -0.39 is 20.2 Å². The first-order chi connectivity index (χ1) is 11.8. The predicted octanol–water partition coefficient (Wildman–Crippen LogP) is 4.33. The monoisotopic (exact) mass is 412 g/mol. The Bertz CT molecular complexity index is 633. The van der Waals surface area contributed by atoms with Crippen LogP contribution in [0.1, 0.15) is 65.2 Å². The molecule has 0 aliphatic carbocycles. The Balaban J connectivity index is 2.60. The summed E-state index contributed by atoms with van der Waals surface area (Å²) in [5.74, 6) is -0.298. The molecule has 0 atom stereocenters. The van der Waals surface area contributed by atoms with Crippen LogP contribution in [0.25, 0.3) is 0 Å². The standard InChI is InChI=1S/C16H28O6S3/c1-3-5-7-9-11-24(17,18)21-15-13-23-14-16(15)22-25(19,20)12-10-8-6-4-2/h13-14H,3-12H2,1-2H3. The molecule has 6 nitrogen and oxygen atoms in total. The zero-order valence-corrected chi connectivity index (χ0v) is 17.3. The second-order valence-corrected chi connectivity index (χ2v) is 10.0. The zero-order chi connectivity index (χ0) is 18.8. The van der Waals surface area contributed by atoms with Crippen LogP contribution in [-0.2, 0) is 20.2 Å². The van der Waals surface area contributed by atoms with Gasteiger partial charge in [-0.3, -0.25) is 0 Å². The maximum atomic E-state index is 12.0. The van der Waals surface area contributed by atoms with Crippen LogP contribution in [0.4, 0.5) is 0 Å². The summed E-state index contributed by atoms with van der Waals surface area (Å²) < 4.78 is 58.1. The minimum absolute atomic E-state index is 0.0578. The highest BCUT2D eigenvalue weighted by atomic mass is 32.2. The molecular weight excluding hydrogens is 384 g/mol. The largest absolute Gasteiger partial charge is 0.377 e. The van der Waals surface area contributed by atoms with E-state index in [4.69, 9.17) is 8.37 Å². The average molecular weight is 413 g/mol. The number of thiophene rings is 1. The highest BCUT2D eigenvalue weighted by Crippen LogP contribution is 2.34. The smallest absolute Gasteiger partial charge is 0.309 e. The molecule has 0 fully saturated rings. The van der Waals surface area contributed by atoms with Crippen molar-refractivity contribution in [1.29, 1.82) is 0 Å². The van der Waals surface area contributed by atoms with Gasteiger partial charge in [-0.1, -0.05) is 52.4 Å². The Morgan fingerprint density at radius 2 is 1.12 bits per heavy atom. The molecule has 1 aromatic rings. The lowest BCUT2D eigenvalue weighted by atomic mass is 10.2. The van der Waals surface area contributed by atoms with Gasteiger partial charge in [0.1, 0.15) is 0 Å². The van der Waals surface area contributed by atoms with E-state index in [9.17, 15) is 16.8 Å². The molecule has 0 saturated carbocycles. The molecule has 0 saturated heterocycles. The van der Waals surface area contributed by atoms with Gasteiger partial charge in [-0.05, 0) is 12.8 Å². The molecule has 0 unspecified atom stereocenters. The van der Waals surface area contributed by atoms with Gasteiger partial charge >= 0.3 is 20.2 Å². The maximum absolute atomic E-state index is 12.0. The third-order valence-electron chi connectivity index (χ3n) is 3.52. The Morgan fingerprint density at radius 1 is 0.720 bits per heavy atom. The van der Waals surface area contributed by atoms with Crippen molar-refractivity contribution in [1.82, 2.24) is 0 Å². The minimum Gasteiger partial charge on any atom is -0.377 e. The molecule has 0 amide bonds. The van der Waals surface area contributed by atoms with E-state index in [1.165, 1.54) is 10.8 Å². The van der Waals surface area contributed by atoms with Gasteiger partial charge in [0.05, 0.1) is 11.5 Å². The number of hydrogen-bond donors (Lipinski definition) is 0. The van der Waals surface area contributed by atoms with E-state index in [1.807, 2.05) is 13.8 Å². The van der Waals surface area contributed by atoms with E-state index in [-0.39, 0.29) is 23.0 Å². The van der Waals surface area contributed by atoms with Gasteiger partial charge in [0, 0.05) is 10.8 Å². The summed E-state index contributed by atoms with van der Waals surface area (Å²) in [5, 5.41) is 2.87. The van der Waals surface area contributed by atoms with Gasteiger partial charge in [0.15, 0.2) is 11.5 Å². The van der Waals surface area contributed by atoms with Gasteiger partial charge in [-0.15, -0.1) is 11.3 Å². The van der Waals surface area contributed by atoms with Crippen LogP contribution in [0.2, 0.25) is 0 Å². The second-order valence-electron chi connectivity index (χ2n) is 5.91. The fraction of sp³-hybridized carbons (Fsp3) is 0.750. The van der Waals surface area contributed by atoms with E-state index in [2.05, 4.69) is 0 Å². The predicted molar refractivity (Wildman–Crippen MR) is 101 cm³/mol. The summed E-state index contributed by atoms with van der Waals surface area (Å²) in [7, 11) is -7.51. The minimum atomic E-state index is -3.76.